The molecule has 1 aliphatic heterocycles. The number of likely N-dealkylation sites (tertiary alicyclic amines) is 1. The van der Waals surface area contributed by atoms with Crippen LogP contribution in [-0.4, -0.2) is 41.7 Å². The van der Waals surface area contributed by atoms with Crippen molar-refractivity contribution >= 4 is 27.5 Å². The zero-order chi connectivity index (χ0) is 13.8. The number of hydrogen-bond donors (Lipinski definition) is 2. The van der Waals surface area contributed by atoms with Crippen molar-refractivity contribution in [1.29, 1.82) is 0 Å². The number of benzene rings is 1. The van der Waals surface area contributed by atoms with Gasteiger partial charge in [-0.25, -0.2) is 0 Å². The Morgan fingerprint density at radius 3 is 3.05 bits per heavy atom. The molecule has 2 rings (SSSR count). The molecule has 1 fully saturated rings. The molecule has 0 aliphatic carbocycles. The average Bonchev–Trinajstić information content (AvgIpc) is 2.81. The van der Waals surface area contributed by atoms with Crippen molar-refractivity contribution in [1.82, 2.24) is 4.90 Å². The molecule has 0 saturated carbocycles. The van der Waals surface area contributed by atoms with Gasteiger partial charge in [-0.05, 0) is 50.1 Å². The molecular weight excluding hydrogens is 308 g/mol. The first-order valence-corrected chi connectivity index (χ1v) is 7.30. The fourth-order valence-electron chi connectivity index (χ4n) is 2.42. The Bertz CT molecular complexity index is 465. The van der Waals surface area contributed by atoms with Crippen molar-refractivity contribution < 1.29 is 9.90 Å². The highest BCUT2D eigenvalue weighted by Gasteiger charge is 2.25. The van der Waals surface area contributed by atoms with E-state index in [-0.39, 0.29) is 18.6 Å². The van der Waals surface area contributed by atoms with E-state index in [1.807, 2.05) is 30.0 Å². The van der Waals surface area contributed by atoms with Gasteiger partial charge in [0.15, 0.2) is 0 Å². The highest BCUT2D eigenvalue weighted by atomic mass is 79.9. The van der Waals surface area contributed by atoms with E-state index in [0.717, 1.165) is 35.1 Å². The summed E-state index contributed by atoms with van der Waals surface area (Å²) in [5.74, 6) is -0.0259. The van der Waals surface area contributed by atoms with E-state index in [1.165, 1.54) is 0 Å². The number of aliphatic hydroxyl groups excluding tert-OH is 1. The van der Waals surface area contributed by atoms with Crippen LogP contribution in [0.5, 0.6) is 0 Å². The minimum atomic E-state index is -0.0259. The van der Waals surface area contributed by atoms with Crippen LogP contribution in [0.15, 0.2) is 22.7 Å². The third-order valence-corrected chi connectivity index (χ3v) is 4.39. The largest absolute Gasteiger partial charge is 0.395 e. The summed E-state index contributed by atoms with van der Waals surface area (Å²) in [6.07, 6.45) is 2.02. The van der Waals surface area contributed by atoms with E-state index in [4.69, 9.17) is 0 Å². The maximum absolute atomic E-state index is 12.0. The zero-order valence-electron chi connectivity index (χ0n) is 11.0. The van der Waals surface area contributed by atoms with Gasteiger partial charge in [0.25, 0.3) is 0 Å². The Balaban J connectivity index is 1.92. The quantitative estimate of drug-likeness (QED) is 0.891. The van der Waals surface area contributed by atoms with Gasteiger partial charge >= 0.3 is 0 Å². The Hall–Kier alpha value is -0.910. The molecule has 1 atom stereocenters. The lowest BCUT2D eigenvalue weighted by Crippen LogP contribution is -2.38. The van der Waals surface area contributed by atoms with Gasteiger partial charge < -0.3 is 10.4 Å². The number of halogens is 1. The molecule has 4 nitrogen and oxygen atoms in total. The Morgan fingerprint density at radius 2 is 2.37 bits per heavy atom. The molecule has 1 unspecified atom stereocenters. The van der Waals surface area contributed by atoms with Gasteiger partial charge in [-0.3, -0.25) is 9.69 Å². The maximum Gasteiger partial charge on any atom is 0.238 e. The number of aryl methyl sites for hydroxylation is 1. The molecule has 0 spiro atoms. The molecule has 1 aromatic rings. The topological polar surface area (TPSA) is 52.6 Å². The summed E-state index contributed by atoms with van der Waals surface area (Å²) >= 11 is 3.44. The Morgan fingerprint density at radius 1 is 1.58 bits per heavy atom. The van der Waals surface area contributed by atoms with E-state index in [0.29, 0.717) is 6.54 Å². The Kier molecular flexibility index (Phi) is 4.96. The first kappa shape index (κ1) is 14.5. The fourth-order valence-corrected chi connectivity index (χ4v) is 2.66. The fraction of sp³-hybridized carbons (Fsp3) is 0.500. The van der Waals surface area contributed by atoms with Crippen LogP contribution in [0.25, 0.3) is 0 Å². The van der Waals surface area contributed by atoms with Crippen LogP contribution in [0.4, 0.5) is 5.69 Å². The van der Waals surface area contributed by atoms with Gasteiger partial charge in [0.2, 0.25) is 5.91 Å². The second kappa shape index (κ2) is 6.50. The standard InChI is InChI=1S/C14H19BrN2O2/c1-10-7-11(4-5-13(10)15)16-14(19)8-17-6-2-3-12(17)9-18/h4-5,7,12,18H,2-3,6,8-9H2,1H3,(H,16,19). The van der Waals surface area contributed by atoms with Crippen LogP contribution in [-0.2, 0) is 4.79 Å². The molecule has 0 aromatic heterocycles. The van der Waals surface area contributed by atoms with Crippen molar-refractivity contribution in [3.05, 3.63) is 28.2 Å². The minimum Gasteiger partial charge on any atom is -0.395 e. The van der Waals surface area contributed by atoms with Crippen molar-refractivity contribution in [2.24, 2.45) is 0 Å². The second-order valence-electron chi connectivity index (χ2n) is 4.96. The number of nitrogens with zero attached hydrogens (tertiary/aromatic N) is 1. The van der Waals surface area contributed by atoms with E-state index in [1.54, 1.807) is 0 Å². The number of nitrogens with one attached hydrogen (secondary N) is 1. The highest BCUT2D eigenvalue weighted by Crippen LogP contribution is 2.20. The monoisotopic (exact) mass is 326 g/mol. The first-order valence-electron chi connectivity index (χ1n) is 6.51. The highest BCUT2D eigenvalue weighted by molar-refractivity contribution is 9.10. The lowest BCUT2D eigenvalue weighted by Gasteiger charge is -2.21. The van der Waals surface area contributed by atoms with Crippen LogP contribution in [0.2, 0.25) is 0 Å². The van der Waals surface area contributed by atoms with Crippen LogP contribution in [0.1, 0.15) is 18.4 Å². The van der Waals surface area contributed by atoms with Gasteiger partial charge in [-0.2, -0.15) is 0 Å². The van der Waals surface area contributed by atoms with Crippen molar-refractivity contribution in [2.75, 3.05) is 25.0 Å². The van der Waals surface area contributed by atoms with E-state index < -0.39 is 0 Å². The molecule has 0 bridgehead atoms. The average molecular weight is 327 g/mol. The number of anilines is 1. The molecule has 104 valence electrons. The summed E-state index contributed by atoms with van der Waals surface area (Å²) in [6, 6.07) is 5.88. The number of aliphatic hydroxyl groups is 1. The number of hydrogen-bond acceptors (Lipinski definition) is 3. The predicted octanol–water partition coefficient (Wildman–Crippen LogP) is 2.15. The first-order chi connectivity index (χ1) is 9.10. The van der Waals surface area contributed by atoms with Crippen molar-refractivity contribution in [3.63, 3.8) is 0 Å². The van der Waals surface area contributed by atoms with Gasteiger partial charge in [-0.15, -0.1) is 0 Å². The summed E-state index contributed by atoms with van der Waals surface area (Å²) in [6.45, 7) is 3.35. The molecule has 0 radical (unpaired) electrons. The number of amides is 1. The second-order valence-corrected chi connectivity index (χ2v) is 5.82. The summed E-state index contributed by atoms with van der Waals surface area (Å²) in [5, 5.41) is 12.1. The lowest BCUT2D eigenvalue weighted by molar-refractivity contribution is -0.117. The zero-order valence-corrected chi connectivity index (χ0v) is 12.6. The normalized spacial score (nSPS) is 19.6. The van der Waals surface area contributed by atoms with Crippen LogP contribution in [0.3, 0.4) is 0 Å². The third-order valence-electron chi connectivity index (χ3n) is 3.50. The van der Waals surface area contributed by atoms with Gasteiger partial charge in [0.05, 0.1) is 13.2 Å². The molecular formula is C14H19BrN2O2. The molecule has 1 amide bonds. The maximum atomic E-state index is 12.0. The van der Waals surface area contributed by atoms with Gasteiger partial charge in [0, 0.05) is 16.2 Å². The predicted molar refractivity (Wildman–Crippen MR) is 79.2 cm³/mol. The summed E-state index contributed by atoms with van der Waals surface area (Å²) in [4.78, 5) is 14.0. The van der Waals surface area contributed by atoms with Crippen molar-refractivity contribution in [3.8, 4) is 0 Å². The molecule has 2 N–H and O–H groups in total. The molecule has 1 aliphatic rings. The SMILES string of the molecule is Cc1cc(NC(=O)CN2CCCC2CO)ccc1Br. The molecule has 1 heterocycles. The number of carbonyl (C=O) groups excluding carboxylic acids is 1. The third kappa shape index (κ3) is 3.78. The van der Waals surface area contributed by atoms with E-state index in [2.05, 4.69) is 21.2 Å². The van der Waals surface area contributed by atoms with Crippen LogP contribution >= 0.6 is 15.9 Å². The summed E-state index contributed by atoms with van der Waals surface area (Å²) in [7, 11) is 0. The van der Waals surface area contributed by atoms with Crippen LogP contribution < -0.4 is 5.32 Å². The summed E-state index contributed by atoms with van der Waals surface area (Å²) in [5.41, 5.74) is 1.90. The van der Waals surface area contributed by atoms with Gasteiger partial charge in [-0.1, -0.05) is 15.9 Å². The van der Waals surface area contributed by atoms with E-state index >= 15 is 0 Å². The molecule has 1 aromatic carbocycles. The molecule has 1 saturated heterocycles. The van der Waals surface area contributed by atoms with Crippen molar-refractivity contribution in [2.45, 2.75) is 25.8 Å². The number of rotatable bonds is 4. The van der Waals surface area contributed by atoms with Crippen LogP contribution in [0, 0.1) is 6.92 Å². The van der Waals surface area contributed by atoms with Gasteiger partial charge in [0.1, 0.15) is 0 Å². The Labute approximate surface area is 121 Å². The summed E-state index contributed by atoms with van der Waals surface area (Å²) < 4.78 is 1.03. The lowest BCUT2D eigenvalue weighted by atomic mass is 10.2. The smallest absolute Gasteiger partial charge is 0.238 e. The number of carbonyl (C=O) groups is 1. The molecule has 5 heteroatoms. The van der Waals surface area contributed by atoms with E-state index in [9.17, 15) is 9.90 Å². The molecule has 19 heavy (non-hydrogen) atoms. The minimum absolute atomic E-state index is 0.0259.